The molecule has 0 bridgehead atoms. The maximum absolute atomic E-state index is 11.0. The molecule has 0 fully saturated rings. The molecule has 0 aromatic carbocycles. The third-order valence-corrected chi connectivity index (χ3v) is 1.30. The maximum Gasteiger partial charge on any atom is 0.275 e. The Morgan fingerprint density at radius 2 is 1.64 bits per heavy atom. The number of aliphatic imine (C=N–C) groups is 1. The van der Waals surface area contributed by atoms with E-state index in [1.807, 2.05) is 13.8 Å². The van der Waals surface area contributed by atoms with Gasteiger partial charge in [-0.25, -0.2) is 0 Å². The summed E-state index contributed by atoms with van der Waals surface area (Å²) < 4.78 is 0. The summed E-state index contributed by atoms with van der Waals surface area (Å²) in [5.74, 6) is -0.569. The first-order valence-corrected chi connectivity index (χ1v) is 3.23. The molecule has 0 aliphatic rings. The molecule has 62 valence electrons. The number of carbonyl (C=O) groups excluding carboxylic acids is 1. The van der Waals surface area contributed by atoms with E-state index in [2.05, 4.69) is 4.99 Å². The highest BCUT2D eigenvalue weighted by Gasteiger charge is 2.02. The van der Waals surface area contributed by atoms with Crippen LogP contribution in [0.3, 0.4) is 0 Å². The van der Waals surface area contributed by atoms with Gasteiger partial charge in [0.2, 0.25) is 0 Å². The van der Waals surface area contributed by atoms with Crippen molar-refractivity contribution in [2.75, 3.05) is 0 Å². The van der Waals surface area contributed by atoms with Gasteiger partial charge in [0.25, 0.3) is 5.91 Å². The first-order valence-electron chi connectivity index (χ1n) is 3.23. The molecule has 0 aliphatic heterocycles. The Balaban J connectivity index is 4.54. The quantitative estimate of drug-likeness (QED) is 0.321. The highest BCUT2D eigenvalue weighted by Crippen LogP contribution is 2.02. The van der Waals surface area contributed by atoms with E-state index in [0.717, 1.165) is 5.57 Å². The summed E-state index contributed by atoms with van der Waals surface area (Å²) in [4.78, 5) is 14.4. The summed E-state index contributed by atoms with van der Waals surface area (Å²) in [7, 11) is 0. The lowest BCUT2D eigenvalue weighted by atomic mass is 10.2. The number of hydrogen-bond acceptors (Lipinski definition) is 1. The summed E-state index contributed by atoms with van der Waals surface area (Å²) in [5.41, 5.74) is 11.5. The van der Waals surface area contributed by atoms with Gasteiger partial charge in [-0.05, 0) is 20.8 Å². The minimum atomic E-state index is -0.370. The molecular formula is C7H13N3O. The van der Waals surface area contributed by atoms with Crippen LogP contribution in [0.2, 0.25) is 0 Å². The predicted octanol–water partition coefficient (Wildman–Crippen LogP) is 0.143. The van der Waals surface area contributed by atoms with E-state index in [0.29, 0.717) is 5.57 Å². The zero-order valence-electron chi connectivity index (χ0n) is 7.01. The lowest BCUT2D eigenvalue weighted by Crippen LogP contribution is -2.24. The van der Waals surface area contributed by atoms with Crippen LogP contribution in [0.5, 0.6) is 0 Å². The normalized spacial score (nSPS) is 8.64. The summed E-state index contributed by atoms with van der Waals surface area (Å²) in [5, 5.41) is 0. The van der Waals surface area contributed by atoms with Crippen molar-refractivity contribution in [2.45, 2.75) is 20.8 Å². The van der Waals surface area contributed by atoms with Crippen LogP contribution in [-0.4, -0.2) is 11.9 Å². The highest BCUT2D eigenvalue weighted by atomic mass is 16.1. The number of amides is 1. The SMILES string of the molecule is CC(C)=C(C)C(=O)N=C(N)N. The molecule has 0 saturated heterocycles. The minimum Gasteiger partial charge on any atom is -0.370 e. The van der Waals surface area contributed by atoms with Gasteiger partial charge < -0.3 is 11.5 Å². The van der Waals surface area contributed by atoms with Gasteiger partial charge in [-0.15, -0.1) is 0 Å². The van der Waals surface area contributed by atoms with Crippen molar-refractivity contribution < 1.29 is 4.79 Å². The van der Waals surface area contributed by atoms with Crippen molar-refractivity contribution in [1.29, 1.82) is 0 Å². The van der Waals surface area contributed by atoms with Crippen LogP contribution >= 0.6 is 0 Å². The lowest BCUT2D eigenvalue weighted by molar-refractivity contribution is -0.114. The summed E-state index contributed by atoms with van der Waals surface area (Å²) in [6, 6.07) is 0. The van der Waals surface area contributed by atoms with Crippen LogP contribution in [-0.2, 0) is 4.79 Å². The smallest absolute Gasteiger partial charge is 0.275 e. The Bertz CT molecular complexity index is 220. The van der Waals surface area contributed by atoms with Crippen molar-refractivity contribution >= 4 is 11.9 Å². The average molecular weight is 155 g/mol. The minimum absolute atomic E-state index is 0.199. The van der Waals surface area contributed by atoms with Gasteiger partial charge in [0.05, 0.1) is 0 Å². The Morgan fingerprint density at radius 3 is 1.91 bits per heavy atom. The highest BCUT2D eigenvalue weighted by molar-refractivity contribution is 6.01. The topological polar surface area (TPSA) is 81.5 Å². The second-order valence-corrected chi connectivity index (χ2v) is 2.47. The van der Waals surface area contributed by atoms with Crippen LogP contribution in [0.4, 0.5) is 0 Å². The molecule has 0 heterocycles. The number of guanidine groups is 1. The third kappa shape index (κ3) is 3.40. The lowest BCUT2D eigenvalue weighted by Gasteiger charge is -1.96. The molecule has 4 N–H and O–H groups in total. The van der Waals surface area contributed by atoms with Gasteiger partial charge >= 0.3 is 0 Å². The van der Waals surface area contributed by atoms with Crippen LogP contribution in [0.25, 0.3) is 0 Å². The molecule has 0 aromatic rings. The van der Waals surface area contributed by atoms with E-state index in [9.17, 15) is 4.79 Å². The monoisotopic (exact) mass is 155 g/mol. The number of nitrogens with zero attached hydrogens (tertiary/aromatic N) is 1. The van der Waals surface area contributed by atoms with Crippen molar-refractivity contribution in [3.8, 4) is 0 Å². The molecule has 11 heavy (non-hydrogen) atoms. The molecule has 4 heteroatoms. The van der Waals surface area contributed by atoms with E-state index in [1.165, 1.54) is 0 Å². The van der Waals surface area contributed by atoms with E-state index in [4.69, 9.17) is 11.5 Å². The molecule has 0 rings (SSSR count). The second kappa shape index (κ2) is 3.75. The van der Waals surface area contributed by atoms with E-state index >= 15 is 0 Å². The molecule has 0 aliphatic carbocycles. The molecular weight excluding hydrogens is 142 g/mol. The Labute approximate surface area is 66.0 Å². The van der Waals surface area contributed by atoms with Crippen molar-refractivity contribution in [1.82, 2.24) is 0 Å². The molecule has 0 aromatic heterocycles. The second-order valence-electron chi connectivity index (χ2n) is 2.47. The predicted molar refractivity (Wildman–Crippen MR) is 44.9 cm³/mol. The molecule has 0 unspecified atom stereocenters. The van der Waals surface area contributed by atoms with Gasteiger partial charge in [0.1, 0.15) is 0 Å². The average Bonchev–Trinajstić information content (AvgIpc) is 1.84. The molecule has 4 nitrogen and oxygen atoms in total. The van der Waals surface area contributed by atoms with Crippen molar-refractivity contribution in [3.05, 3.63) is 11.1 Å². The Morgan fingerprint density at radius 1 is 1.18 bits per heavy atom. The van der Waals surface area contributed by atoms with Crippen LogP contribution in [0.1, 0.15) is 20.8 Å². The number of rotatable bonds is 1. The van der Waals surface area contributed by atoms with Crippen LogP contribution in [0, 0.1) is 0 Å². The first-order chi connectivity index (χ1) is 4.95. The largest absolute Gasteiger partial charge is 0.370 e. The van der Waals surface area contributed by atoms with Crippen LogP contribution in [0.15, 0.2) is 16.1 Å². The standard InChI is InChI=1S/C7H13N3O/c1-4(2)5(3)6(11)10-7(8)9/h1-3H3,(H4,8,9,10,11). The molecule has 0 atom stereocenters. The number of nitrogens with two attached hydrogens (primary N) is 2. The van der Waals surface area contributed by atoms with Crippen molar-refractivity contribution in [3.63, 3.8) is 0 Å². The van der Waals surface area contributed by atoms with Gasteiger partial charge in [-0.2, -0.15) is 4.99 Å². The van der Waals surface area contributed by atoms with Gasteiger partial charge in [0.15, 0.2) is 5.96 Å². The number of carbonyl (C=O) groups is 1. The van der Waals surface area contributed by atoms with Gasteiger partial charge in [-0.3, -0.25) is 4.79 Å². The van der Waals surface area contributed by atoms with Crippen molar-refractivity contribution in [2.24, 2.45) is 16.5 Å². The molecule has 0 spiro atoms. The fraction of sp³-hybridized carbons (Fsp3) is 0.429. The zero-order valence-corrected chi connectivity index (χ0v) is 7.01. The molecule has 1 amide bonds. The summed E-state index contributed by atoms with van der Waals surface area (Å²) >= 11 is 0. The fourth-order valence-corrected chi connectivity index (χ4v) is 0.415. The van der Waals surface area contributed by atoms with Crippen LogP contribution < -0.4 is 11.5 Å². The Hall–Kier alpha value is -1.32. The van der Waals surface area contributed by atoms with E-state index in [1.54, 1.807) is 6.92 Å². The molecule has 0 saturated carbocycles. The summed E-state index contributed by atoms with van der Waals surface area (Å²) in [6.45, 7) is 5.34. The Kier molecular flexibility index (Phi) is 3.30. The third-order valence-electron chi connectivity index (χ3n) is 1.30. The number of allylic oxidation sites excluding steroid dienone is 1. The van der Waals surface area contributed by atoms with E-state index < -0.39 is 0 Å². The fourth-order valence-electron chi connectivity index (χ4n) is 0.415. The van der Waals surface area contributed by atoms with Gasteiger partial charge in [-0.1, -0.05) is 5.57 Å². The summed E-state index contributed by atoms with van der Waals surface area (Å²) in [6.07, 6.45) is 0. The zero-order chi connectivity index (χ0) is 9.02. The number of hydrogen-bond donors (Lipinski definition) is 2. The molecule has 0 radical (unpaired) electrons. The van der Waals surface area contributed by atoms with Gasteiger partial charge in [0, 0.05) is 5.57 Å². The maximum atomic E-state index is 11.0. The van der Waals surface area contributed by atoms with E-state index in [-0.39, 0.29) is 11.9 Å². The first kappa shape index (κ1) is 9.68.